The molecule has 5 heteroatoms. The number of H-pyrrole nitrogens is 1. The van der Waals surface area contributed by atoms with E-state index in [4.69, 9.17) is 0 Å². The number of aromatic nitrogens is 2. The number of hydrogen-bond donors (Lipinski definition) is 2. The van der Waals surface area contributed by atoms with E-state index >= 15 is 0 Å². The van der Waals surface area contributed by atoms with Crippen LogP contribution in [0.25, 0.3) is 0 Å². The Morgan fingerprint density at radius 3 is 2.75 bits per heavy atom. The Hall–Kier alpha value is -2.17. The lowest BCUT2D eigenvalue weighted by atomic mass is 10.1. The van der Waals surface area contributed by atoms with Gasteiger partial charge in [0.1, 0.15) is 5.82 Å². The van der Waals surface area contributed by atoms with Crippen LogP contribution in [0.15, 0.2) is 24.3 Å². The van der Waals surface area contributed by atoms with Crippen LogP contribution in [0.5, 0.6) is 0 Å². The fourth-order valence-corrected chi connectivity index (χ4v) is 2.01. The maximum atomic E-state index is 13.6. The minimum absolute atomic E-state index is 0.0311. The normalized spacial score (nSPS) is 10.8. The van der Waals surface area contributed by atoms with E-state index in [1.807, 2.05) is 6.92 Å². The lowest BCUT2D eigenvalue weighted by Crippen LogP contribution is -2.15. The molecule has 1 aromatic heterocycles. The number of amides is 1. The number of hydrogen-bond acceptors (Lipinski definition) is 2. The van der Waals surface area contributed by atoms with Crippen molar-refractivity contribution in [3.05, 3.63) is 47.0 Å². The SMILES string of the molecule is Cc1[nH]nc(CC(C)C)c1NC(=O)c1ccccc1F. The molecule has 1 amide bonds. The third-order valence-corrected chi connectivity index (χ3v) is 2.98. The average molecular weight is 275 g/mol. The van der Waals surface area contributed by atoms with Crippen LogP contribution in [0.4, 0.5) is 10.1 Å². The summed E-state index contributed by atoms with van der Waals surface area (Å²) in [6.45, 7) is 5.98. The second-order valence-electron chi connectivity index (χ2n) is 5.20. The van der Waals surface area contributed by atoms with Crippen LogP contribution < -0.4 is 5.32 Å². The third kappa shape index (κ3) is 3.04. The minimum Gasteiger partial charge on any atom is -0.319 e. The Balaban J connectivity index is 2.24. The summed E-state index contributed by atoms with van der Waals surface area (Å²) >= 11 is 0. The van der Waals surface area contributed by atoms with E-state index in [9.17, 15) is 9.18 Å². The molecule has 106 valence electrons. The summed E-state index contributed by atoms with van der Waals surface area (Å²) in [6, 6.07) is 5.92. The maximum Gasteiger partial charge on any atom is 0.258 e. The molecule has 2 aromatic rings. The molecule has 0 saturated carbocycles. The monoisotopic (exact) mass is 275 g/mol. The van der Waals surface area contributed by atoms with Gasteiger partial charge in [-0.25, -0.2) is 4.39 Å². The van der Waals surface area contributed by atoms with Gasteiger partial charge >= 0.3 is 0 Å². The van der Waals surface area contributed by atoms with E-state index in [2.05, 4.69) is 29.4 Å². The molecule has 0 spiro atoms. The van der Waals surface area contributed by atoms with Gasteiger partial charge in [0, 0.05) is 0 Å². The van der Waals surface area contributed by atoms with Crippen molar-refractivity contribution >= 4 is 11.6 Å². The van der Waals surface area contributed by atoms with Crippen molar-refractivity contribution in [1.29, 1.82) is 0 Å². The Bertz CT molecular complexity index is 619. The summed E-state index contributed by atoms with van der Waals surface area (Å²) in [5.74, 6) is -0.573. The van der Waals surface area contributed by atoms with Gasteiger partial charge in [0.25, 0.3) is 5.91 Å². The molecule has 1 heterocycles. The predicted octanol–water partition coefficient (Wildman–Crippen LogP) is 3.31. The predicted molar refractivity (Wildman–Crippen MR) is 76.2 cm³/mol. The number of anilines is 1. The van der Waals surface area contributed by atoms with Crippen LogP contribution in [0.3, 0.4) is 0 Å². The highest BCUT2D eigenvalue weighted by atomic mass is 19.1. The van der Waals surface area contributed by atoms with E-state index in [0.29, 0.717) is 11.6 Å². The fourth-order valence-electron chi connectivity index (χ4n) is 2.01. The van der Waals surface area contributed by atoms with E-state index in [-0.39, 0.29) is 5.56 Å². The zero-order valence-electron chi connectivity index (χ0n) is 11.8. The third-order valence-electron chi connectivity index (χ3n) is 2.98. The van der Waals surface area contributed by atoms with Crippen molar-refractivity contribution in [2.45, 2.75) is 27.2 Å². The van der Waals surface area contributed by atoms with Crippen molar-refractivity contribution in [3.63, 3.8) is 0 Å². The second-order valence-corrected chi connectivity index (χ2v) is 5.20. The van der Waals surface area contributed by atoms with Crippen LogP contribution in [-0.2, 0) is 6.42 Å². The first-order chi connectivity index (χ1) is 9.49. The van der Waals surface area contributed by atoms with Crippen molar-refractivity contribution in [3.8, 4) is 0 Å². The number of halogens is 1. The van der Waals surface area contributed by atoms with E-state index in [1.54, 1.807) is 12.1 Å². The second kappa shape index (κ2) is 5.86. The summed E-state index contributed by atoms with van der Waals surface area (Å²) in [5.41, 5.74) is 2.24. The fraction of sp³-hybridized carbons (Fsp3) is 0.333. The van der Waals surface area contributed by atoms with Gasteiger partial charge in [0.2, 0.25) is 0 Å². The number of nitrogens with zero attached hydrogens (tertiary/aromatic N) is 1. The number of benzene rings is 1. The number of carbonyl (C=O) groups is 1. The van der Waals surface area contributed by atoms with Crippen LogP contribution in [0.1, 0.15) is 35.6 Å². The molecule has 0 fully saturated rings. The number of nitrogens with one attached hydrogen (secondary N) is 2. The van der Waals surface area contributed by atoms with Crippen molar-refractivity contribution in [2.24, 2.45) is 5.92 Å². The highest BCUT2D eigenvalue weighted by molar-refractivity contribution is 6.05. The standard InChI is InChI=1S/C15H18FN3O/c1-9(2)8-13-14(10(3)18-19-13)17-15(20)11-6-4-5-7-12(11)16/h4-7,9H,8H2,1-3H3,(H,17,20)(H,18,19). The minimum atomic E-state index is -0.531. The number of carbonyl (C=O) groups excluding carboxylic acids is 1. The molecular formula is C15H18FN3O. The summed E-state index contributed by atoms with van der Waals surface area (Å²) in [7, 11) is 0. The Labute approximate surface area is 117 Å². The van der Waals surface area contributed by atoms with Gasteiger partial charge in [0.15, 0.2) is 0 Å². The highest BCUT2D eigenvalue weighted by Crippen LogP contribution is 2.21. The smallest absolute Gasteiger partial charge is 0.258 e. The van der Waals surface area contributed by atoms with E-state index in [1.165, 1.54) is 12.1 Å². The Morgan fingerprint density at radius 2 is 2.10 bits per heavy atom. The Morgan fingerprint density at radius 1 is 1.40 bits per heavy atom. The summed E-state index contributed by atoms with van der Waals surface area (Å²) < 4.78 is 13.6. The highest BCUT2D eigenvalue weighted by Gasteiger charge is 2.17. The van der Waals surface area contributed by atoms with Gasteiger partial charge in [-0.3, -0.25) is 9.89 Å². The van der Waals surface area contributed by atoms with Gasteiger partial charge < -0.3 is 5.32 Å². The number of rotatable bonds is 4. The largest absolute Gasteiger partial charge is 0.319 e. The zero-order chi connectivity index (χ0) is 14.7. The molecule has 4 nitrogen and oxygen atoms in total. The number of aromatic amines is 1. The van der Waals surface area contributed by atoms with Gasteiger partial charge in [-0.15, -0.1) is 0 Å². The van der Waals surface area contributed by atoms with Crippen LogP contribution in [0.2, 0.25) is 0 Å². The molecule has 20 heavy (non-hydrogen) atoms. The molecule has 1 aromatic carbocycles. The first kappa shape index (κ1) is 14.2. The topological polar surface area (TPSA) is 57.8 Å². The number of aryl methyl sites for hydroxylation is 1. The van der Waals surface area contributed by atoms with Crippen LogP contribution >= 0.6 is 0 Å². The summed E-state index contributed by atoms with van der Waals surface area (Å²) in [6.07, 6.45) is 0.747. The van der Waals surface area contributed by atoms with Gasteiger partial charge in [-0.1, -0.05) is 26.0 Å². The van der Waals surface area contributed by atoms with E-state index < -0.39 is 11.7 Å². The quantitative estimate of drug-likeness (QED) is 0.899. The molecule has 0 radical (unpaired) electrons. The molecule has 0 atom stereocenters. The van der Waals surface area contributed by atoms with E-state index in [0.717, 1.165) is 17.8 Å². The van der Waals surface area contributed by atoms with Crippen LogP contribution in [-0.4, -0.2) is 16.1 Å². The van der Waals surface area contributed by atoms with Crippen molar-refractivity contribution < 1.29 is 9.18 Å². The molecule has 2 N–H and O–H groups in total. The molecule has 0 aliphatic rings. The van der Waals surface area contributed by atoms with Crippen LogP contribution in [0, 0.1) is 18.7 Å². The lowest BCUT2D eigenvalue weighted by Gasteiger charge is -2.08. The van der Waals surface area contributed by atoms with Gasteiger partial charge in [-0.05, 0) is 31.4 Å². The molecule has 0 aliphatic carbocycles. The van der Waals surface area contributed by atoms with Crippen molar-refractivity contribution in [2.75, 3.05) is 5.32 Å². The Kier molecular flexibility index (Phi) is 4.17. The summed E-state index contributed by atoms with van der Waals surface area (Å²) in [5, 5.41) is 9.80. The molecule has 0 unspecified atom stereocenters. The lowest BCUT2D eigenvalue weighted by molar-refractivity contribution is 0.102. The first-order valence-electron chi connectivity index (χ1n) is 6.58. The van der Waals surface area contributed by atoms with Gasteiger partial charge in [-0.2, -0.15) is 5.10 Å². The maximum absolute atomic E-state index is 13.6. The average Bonchev–Trinajstić information content (AvgIpc) is 2.71. The molecule has 0 aliphatic heterocycles. The summed E-state index contributed by atoms with van der Waals surface area (Å²) in [4.78, 5) is 12.1. The molecule has 2 rings (SSSR count). The molecular weight excluding hydrogens is 257 g/mol. The zero-order valence-corrected chi connectivity index (χ0v) is 11.8. The first-order valence-corrected chi connectivity index (χ1v) is 6.58. The molecule has 0 saturated heterocycles. The van der Waals surface area contributed by atoms with Crippen molar-refractivity contribution in [1.82, 2.24) is 10.2 Å². The molecule has 0 bridgehead atoms. The van der Waals surface area contributed by atoms with Gasteiger partial charge in [0.05, 0.1) is 22.6 Å².